The van der Waals surface area contributed by atoms with Gasteiger partial charge in [-0.1, -0.05) is 66.7 Å². The second-order valence-corrected chi connectivity index (χ2v) is 7.67. The van der Waals surface area contributed by atoms with Crippen molar-refractivity contribution in [2.75, 3.05) is 5.32 Å². The number of aryl methyl sites for hydroxylation is 3. The molecule has 150 valence electrons. The number of rotatable bonds is 5. The first kappa shape index (κ1) is 19.6. The molecule has 30 heavy (non-hydrogen) atoms. The lowest BCUT2D eigenvalue weighted by Crippen LogP contribution is -2.32. The summed E-state index contributed by atoms with van der Waals surface area (Å²) in [6, 6.07) is 23.2. The maximum absolute atomic E-state index is 13.4. The summed E-state index contributed by atoms with van der Waals surface area (Å²) in [7, 11) is 0. The summed E-state index contributed by atoms with van der Waals surface area (Å²) < 4.78 is 0. The Hall–Kier alpha value is -3.66. The molecule has 4 rings (SSSR count). The standard InChI is InChI=1S/C26H24N2O2/c1-17-13-14-21(15-19(17)3)23-24(27-22-12-8-7-9-18(22)2)26(30)28(25(23)29)16-20-10-5-4-6-11-20/h4-15,27H,16H2,1-3H3. The van der Waals surface area contributed by atoms with Crippen LogP contribution in [0.2, 0.25) is 0 Å². The smallest absolute Gasteiger partial charge is 0.278 e. The van der Waals surface area contributed by atoms with Crippen LogP contribution in [0.1, 0.15) is 27.8 Å². The fourth-order valence-corrected chi connectivity index (χ4v) is 3.61. The van der Waals surface area contributed by atoms with Gasteiger partial charge in [-0.15, -0.1) is 0 Å². The van der Waals surface area contributed by atoms with Gasteiger partial charge in [-0.05, 0) is 54.7 Å². The molecule has 1 N–H and O–H groups in total. The van der Waals surface area contributed by atoms with Crippen LogP contribution < -0.4 is 5.32 Å². The van der Waals surface area contributed by atoms with Gasteiger partial charge in [0.1, 0.15) is 5.70 Å². The first-order chi connectivity index (χ1) is 14.5. The van der Waals surface area contributed by atoms with Crippen LogP contribution in [0, 0.1) is 20.8 Å². The number of amides is 2. The van der Waals surface area contributed by atoms with Crippen LogP contribution in [0.4, 0.5) is 5.69 Å². The van der Waals surface area contributed by atoms with Crippen LogP contribution in [0.5, 0.6) is 0 Å². The second kappa shape index (κ2) is 7.99. The van der Waals surface area contributed by atoms with Crippen molar-refractivity contribution in [3.63, 3.8) is 0 Å². The van der Waals surface area contributed by atoms with Gasteiger partial charge in [-0.25, -0.2) is 0 Å². The van der Waals surface area contributed by atoms with Crippen molar-refractivity contribution in [2.45, 2.75) is 27.3 Å². The highest BCUT2D eigenvalue weighted by Crippen LogP contribution is 2.33. The number of anilines is 1. The fourth-order valence-electron chi connectivity index (χ4n) is 3.61. The normalized spacial score (nSPS) is 13.9. The molecule has 0 aliphatic carbocycles. The lowest BCUT2D eigenvalue weighted by atomic mass is 9.99. The number of hydrogen-bond donors (Lipinski definition) is 1. The lowest BCUT2D eigenvalue weighted by Gasteiger charge is -2.15. The average Bonchev–Trinajstić information content (AvgIpc) is 2.97. The van der Waals surface area contributed by atoms with Gasteiger partial charge in [0.15, 0.2) is 0 Å². The highest BCUT2D eigenvalue weighted by Gasteiger charge is 2.39. The van der Waals surface area contributed by atoms with Gasteiger partial charge in [0, 0.05) is 5.69 Å². The zero-order valence-electron chi connectivity index (χ0n) is 17.4. The van der Waals surface area contributed by atoms with Crippen LogP contribution in [-0.2, 0) is 16.1 Å². The molecule has 0 atom stereocenters. The maximum atomic E-state index is 13.4. The number of carbonyl (C=O) groups is 2. The summed E-state index contributed by atoms with van der Waals surface area (Å²) in [4.78, 5) is 28.1. The second-order valence-electron chi connectivity index (χ2n) is 7.67. The Balaban J connectivity index is 1.79. The van der Waals surface area contributed by atoms with Crippen molar-refractivity contribution in [3.05, 3.63) is 106 Å². The minimum atomic E-state index is -0.305. The molecular formula is C26H24N2O2. The summed E-state index contributed by atoms with van der Waals surface area (Å²) in [5, 5.41) is 3.26. The molecule has 0 saturated carbocycles. The quantitative estimate of drug-likeness (QED) is 0.617. The van der Waals surface area contributed by atoms with E-state index in [1.54, 1.807) is 0 Å². The zero-order chi connectivity index (χ0) is 21.3. The number of hydrogen-bond acceptors (Lipinski definition) is 3. The first-order valence-corrected chi connectivity index (χ1v) is 10.0. The maximum Gasteiger partial charge on any atom is 0.278 e. The van der Waals surface area contributed by atoms with Gasteiger partial charge in [-0.2, -0.15) is 0 Å². The molecule has 3 aromatic carbocycles. The van der Waals surface area contributed by atoms with E-state index in [4.69, 9.17) is 0 Å². The van der Waals surface area contributed by atoms with E-state index in [9.17, 15) is 9.59 Å². The first-order valence-electron chi connectivity index (χ1n) is 10.0. The van der Waals surface area contributed by atoms with Gasteiger partial charge >= 0.3 is 0 Å². The van der Waals surface area contributed by atoms with Gasteiger partial charge in [0.2, 0.25) is 0 Å². The minimum Gasteiger partial charge on any atom is -0.350 e. The van der Waals surface area contributed by atoms with Crippen LogP contribution in [0.3, 0.4) is 0 Å². The van der Waals surface area contributed by atoms with Crippen LogP contribution in [-0.4, -0.2) is 16.7 Å². The van der Waals surface area contributed by atoms with Crippen molar-refractivity contribution in [1.29, 1.82) is 0 Å². The number of carbonyl (C=O) groups excluding carboxylic acids is 2. The summed E-state index contributed by atoms with van der Waals surface area (Å²) in [5.74, 6) is -0.580. The Bertz CT molecular complexity index is 1160. The molecule has 1 aliphatic rings. The summed E-state index contributed by atoms with van der Waals surface area (Å²) >= 11 is 0. The predicted molar refractivity (Wildman–Crippen MR) is 120 cm³/mol. The van der Waals surface area contributed by atoms with E-state index in [2.05, 4.69) is 5.32 Å². The molecule has 4 nitrogen and oxygen atoms in total. The van der Waals surface area contributed by atoms with Crippen molar-refractivity contribution in [1.82, 2.24) is 4.90 Å². The fraction of sp³-hybridized carbons (Fsp3) is 0.154. The molecule has 2 amide bonds. The molecule has 0 fully saturated rings. The number of nitrogens with zero attached hydrogens (tertiary/aromatic N) is 1. The SMILES string of the molecule is Cc1ccc(C2=C(Nc3ccccc3C)C(=O)N(Cc3ccccc3)C2=O)cc1C. The van der Waals surface area contributed by atoms with E-state index in [0.717, 1.165) is 33.5 Å². The van der Waals surface area contributed by atoms with Gasteiger partial charge in [0.05, 0.1) is 12.1 Å². The van der Waals surface area contributed by atoms with Crippen LogP contribution in [0.25, 0.3) is 5.57 Å². The molecule has 0 saturated heterocycles. The Labute approximate surface area is 176 Å². The van der Waals surface area contributed by atoms with Gasteiger partial charge in [-0.3, -0.25) is 14.5 Å². The third-order valence-electron chi connectivity index (χ3n) is 5.55. The van der Waals surface area contributed by atoms with Gasteiger partial charge < -0.3 is 5.32 Å². The molecule has 1 aliphatic heterocycles. The summed E-state index contributed by atoms with van der Waals surface area (Å²) in [6.45, 7) is 6.26. The molecule has 1 heterocycles. The zero-order valence-corrected chi connectivity index (χ0v) is 17.4. The molecular weight excluding hydrogens is 372 g/mol. The number of nitrogens with one attached hydrogen (secondary N) is 1. The lowest BCUT2D eigenvalue weighted by molar-refractivity contribution is -0.137. The number of para-hydroxylation sites is 1. The number of benzene rings is 3. The summed E-state index contributed by atoms with van der Waals surface area (Å²) in [5.41, 5.74) is 6.46. The Morgan fingerprint density at radius 1 is 0.733 bits per heavy atom. The molecule has 0 unspecified atom stereocenters. The molecule has 0 spiro atoms. The number of imide groups is 1. The highest BCUT2D eigenvalue weighted by atomic mass is 16.2. The van der Waals surface area contributed by atoms with E-state index >= 15 is 0 Å². The van der Waals surface area contributed by atoms with Crippen LogP contribution in [0.15, 0.2) is 78.5 Å². The van der Waals surface area contributed by atoms with E-state index < -0.39 is 0 Å². The molecule has 3 aromatic rings. The molecule has 4 heteroatoms. The van der Waals surface area contributed by atoms with Gasteiger partial charge in [0.25, 0.3) is 11.8 Å². The summed E-state index contributed by atoms with van der Waals surface area (Å²) in [6.07, 6.45) is 0. The van der Waals surface area contributed by atoms with Crippen molar-refractivity contribution in [2.24, 2.45) is 0 Å². The Kier molecular flexibility index (Phi) is 5.23. The Morgan fingerprint density at radius 2 is 1.43 bits per heavy atom. The third kappa shape index (κ3) is 3.64. The largest absolute Gasteiger partial charge is 0.350 e. The predicted octanol–water partition coefficient (Wildman–Crippen LogP) is 5.00. The van der Waals surface area contributed by atoms with E-state index in [1.807, 2.05) is 93.6 Å². The van der Waals surface area contributed by atoms with Crippen molar-refractivity contribution in [3.8, 4) is 0 Å². The van der Waals surface area contributed by atoms with E-state index in [1.165, 1.54) is 4.90 Å². The van der Waals surface area contributed by atoms with Crippen molar-refractivity contribution < 1.29 is 9.59 Å². The topological polar surface area (TPSA) is 49.4 Å². The molecule has 0 aromatic heterocycles. The molecule has 0 bridgehead atoms. The third-order valence-corrected chi connectivity index (χ3v) is 5.55. The van der Waals surface area contributed by atoms with E-state index in [-0.39, 0.29) is 18.4 Å². The molecule has 0 radical (unpaired) electrons. The van der Waals surface area contributed by atoms with Crippen molar-refractivity contribution >= 4 is 23.1 Å². The average molecular weight is 396 g/mol. The minimum absolute atomic E-state index is 0.242. The Morgan fingerprint density at radius 3 is 2.13 bits per heavy atom. The highest BCUT2D eigenvalue weighted by molar-refractivity contribution is 6.36. The monoisotopic (exact) mass is 396 g/mol. The van der Waals surface area contributed by atoms with Crippen LogP contribution >= 0.6 is 0 Å². The van der Waals surface area contributed by atoms with E-state index in [0.29, 0.717) is 11.3 Å².